The minimum Gasteiger partial charge on any atom is -0.545 e. The van der Waals surface area contributed by atoms with E-state index < -0.39 is 35.8 Å². The van der Waals surface area contributed by atoms with Crippen molar-refractivity contribution in [3.8, 4) is 0 Å². The van der Waals surface area contributed by atoms with Gasteiger partial charge in [0.25, 0.3) is 0 Å². The van der Waals surface area contributed by atoms with Gasteiger partial charge >= 0.3 is 194 Å². The second kappa shape index (κ2) is 64.6. The summed E-state index contributed by atoms with van der Waals surface area (Å²) in [5.41, 5.74) is 0. The van der Waals surface area contributed by atoms with E-state index in [0.29, 0.717) is 36.5 Å². The molecule has 0 spiro atoms. The number of carbonyl (C=O) groups is 6. The van der Waals surface area contributed by atoms with Gasteiger partial charge in [0.2, 0.25) is 0 Å². The number of carboxylic acids is 6. The quantitative estimate of drug-likeness (QED) is 0.0438. The molecule has 0 heterocycles. The average molecular weight is 1170 g/mol. The maximum Gasteiger partial charge on any atom is 0.0643 e. The van der Waals surface area contributed by atoms with Crippen LogP contribution in [0.1, 0.15) is 233 Å². The third-order valence-electron chi connectivity index (χ3n) is 10.6. The van der Waals surface area contributed by atoms with Crippen molar-refractivity contribution in [3.05, 3.63) is 36.5 Å². The fourth-order valence-corrected chi connectivity index (χ4v) is 7.76. The largest absolute Gasteiger partial charge is 0.545 e. The third-order valence-corrected chi connectivity index (χ3v) is 11.8. The summed E-state index contributed by atoms with van der Waals surface area (Å²) >= 11 is 2.45. The van der Waals surface area contributed by atoms with Crippen LogP contribution in [0.25, 0.3) is 0 Å². The van der Waals surface area contributed by atoms with E-state index in [1.807, 2.05) is 0 Å². The predicted octanol–water partition coefficient (Wildman–Crippen LogP) is 5.10. The van der Waals surface area contributed by atoms with Crippen LogP contribution in [0.15, 0.2) is 36.5 Å². The first-order valence-electron chi connectivity index (χ1n) is 25.4. The Morgan fingerprint density at radius 2 is 0.471 bits per heavy atom. The molecule has 0 aromatic heterocycles. The predicted molar refractivity (Wildman–Crippen MR) is 258 cm³/mol. The zero-order chi connectivity index (χ0) is 52.3. The zero-order valence-corrected chi connectivity index (χ0v) is 48.1. The number of carbonyl (C=O) groups excluding carboxylic acids is 6. The average Bonchev–Trinajstić information content (AvgIpc) is 3.30. The minimum atomic E-state index is -1.55. The molecule has 16 heteroatoms. The van der Waals surface area contributed by atoms with Crippen molar-refractivity contribution in [3.63, 3.8) is 0 Å². The number of unbranched alkanes of at least 4 members (excludes halogenated alkanes) is 20. The smallest absolute Gasteiger partial charge is 0.0643 e. The molecule has 0 bridgehead atoms. The monoisotopic (exact) mass is 1180 g/mol. The summed E-state index contributed by atoms with van der Waals surface area (Å²) < 4.78 is 10.3. The van der Waals surface area contributed by atoms with E-state index in [1.54, 1.807) is 0 Å². The summed E-state index contributed by atoms with van der Waals surface area (Å²) in [6.45, 7) is 11.3. The summed E-state index contributed by atoms with van der Waals surface area (Å²) in [7, 11) is 0. The molecule has 0 aromatic carbocycles. The van der Waals surface area contributed by atoms with Crippen LogP contribution >= 0.6 is 0 Å². The van der Waals surface area contributed by atoms with Gasteiger partial charge in [0.15, 0.2) is 0 Å². The molecule has 0 rings (SSSR count). The van der Waals surface area contributed by atoms with Gasteiger partial charge in [-0.15, -0.1) is 0 Å². The van der Waals surface area contributed by atoms with E-state index in [0.717, 1.165) is 25.0 Å². The number of hydrogen-bond acceptors (Lipinski definition) is 14. The molecular formula is C52H88O14Sn2. The van der Waals surface area contributed by atoms with Gasteiger partial charge in [-0.25, -0.2) is 0 Å². The van der Waals surface area contributed by atoms with Gasteiger partial charge in [0.1, 0.15) is 0 Å². The molecule has 0 aliphatic rings. The molecule has 68 heavy (non-hydrogen) atoms. The van der Waals surface area contributed by atoms with Crippen LogP contribution in [0.4, 0.5) is 0 Å². The van der Waals surface area contributed by atoms with Crippen LogP contribution in [0.5, 0.6) is 0 Å². The Kier molecular flexibility index (Phi) is 70.7. The van der Waals surface area contributed by atoms with Crippen LogP contribution in [0.2, 0.25) is 0 Å². The van der Waals surface area contributed by atoms with E-state index in [1.165, 1.54) is 251 Å². The fraction of sp³-hybridized carbons (Fsp3) is 0.769. The molecule has 0 saturated carbocycles. The minimum absolute atomic E-state index is 0.384. The molecule has 388 valence electrons. The fourth-order valence-electron chi connectivity index (χ4n) is 6.93. The van der Waals surface area contributed by atoms with Crippen molar-refractivity contribution >= 4 is 81.7 Å². The molecule has 0 aliphatic carbocycles. The standard InChI is InChI=1S/2C20H41O.3C4H4O4.2Sn/c2*1-3-5-16-20(17-6-4-2)18-14-12-10-8-7-9-11-13-15-19-21;3*5-3(6)1-2-4(7)8;;/h2*20H,3-19H2,1-2H3;3*1-2H,(H,5,6)(H,7,8);;/q2*-1;;;;2*+4/p-6. The van der Waals surface area contributed by atoms with Crippen LogP contribution < -0.4 is 30.6 Å². The first kappa shape index (κ1) is 74.5. The molecule has 0 N–H and O–H groups in total. The van der Waals surface area contributed by atoms with Crippen molar-refractivity contribution in [1.29, 1.82) is 0 Å². The van der Waals surface area contributed by atoms with E-state index in [-0.39, 0.29) is 0 Å². The number of aliphatic carboxylic acids is 6. The Morgan fingerprint density at radius 3 is 0.632 bits per heavy atom. The van der Waals surface area contributed by atoms with Gasteiger partial charge in [-0.05, 0) is 48.3 Å². The van der Waals surface area contributed by atoms with Crippen LogP contribution in [-0.2, 0) is 34.9 Å². The summed E-state index contributed by atoms with van der Waals surface area (Å²) in [6.07, 6.45) is 48.1. The van der Waals surface area contributed by atoms with Gasteiger partial charge in [0, 0.05) is 0 Å². The second-order valence-corrected chi connectivity index (χ2v) is 18.5. The summed E-state index contributed by atoms with van der Waals surface area (Å²) in [4.78, 5) is 56.5. The SMILES string of the molecule is CCCCC(CCCC)CCCCCCCCCCC[O][Sn+3].CCCCC(CCCC)CCCCCCCCCCC[O][Sn+3].O=C([O-])C=CC(=O)[O-].O=C([O-])C=CC(=O)[O-].O=C([O-])C=CC(=O)[O-]. The molecule has 0 saturated heterocycles. The van der Waals surface area contributed by atoms with E-state index in [9.17, 15) is 59.4 Å². The summed E-state index contributed by atoms with van der Waals surface area (Å²) in [6, 6.07) is 0. The Balaban J connectivity index is -0.000000265. The van der Waals surface area contributed by atoms with Gasteiger partial charge in [-0.2, -0.15) is 0 Å². The molecule has 0 aliphatic heterocycles. The van der Waals surface area contributed by atoms with E-state index in [2.05, 4.69) is 27.7 Å². The normalized spacial score (nSPS) is 10.8. The Bertz CT molecular complexity index is 1060. The van der Waals surface area contributed by atoms with Crippen molar-refractivity contribution in [2.75, 3.05) is 13.2 Å². The topological polar surface area (TPSA) is 259 Å². The Morgan fingerprint density at radius 1 is 0.309 bits per heavy atom. The van der Waals surface area contributed by atoms with Gasteiger partial charge in [-0.1, -0.05) is 105 Å². The van der Waals surface area contributed by atoms with Crippen molar-refractivity contribution in [2.45, 2.75) is 233 Å². The summed E-state index contributed by atoms with van der Waals surface area (Å²) in [5.74, 6) is -7.22. The van der Waals surface area contributed by atoms with Crippen LogP contribution in [0, 0.1) is 11.8 Å². The Labute approximate surface area is 439 Å². The molecule has 0 aromatic rings. The molecule has 0 fully saturated rings. The van der Waals surface area contributed by atoms with Crippen LogP contribution in [-0.4, -0.2) is 94.9 Å². The number of rotatable bonds is 42. The second-order valence-electron chi connectivity index (χ2n) is 16.9. The van der Waals surface area contributed by atoms with Crippen molar-refractivity contribution in [2.24, 2.45) is 11.8 Å². The van der Waals surface area contributed by atoms with E-state index in [4.69, 9.17) is 6.15 Å². The van der Waals surface area contributed by atoms with Gasteiger partial charge in [-0.3, -0.25) is 0 Å². The summed E-state index contributed by atoms with van der Waals surface area (Å²) in [5, 5.41) is 56.5. The molecule has 14 nitrogen and oxygen atoms in total. The first-order chi connectivity index (χ1) is 32.6. The maximum absolute atomic E-state index is 9.41. The van der Waals surface area contributed by atoms with E-state index >= 15 is 0 Å². The number of carboxylic acid groups (broad SMARTS) is 6. The molecule has 0 unspecified atom stereocenters. The number of hydrogen-bond donors (Lipinski definition) is 0. The van der Waals surface area contributed by atoms with Gasteiger partial charge < -0.3 is 59.4 Å². The molecule has 0 radical (unpaired) electrons. The molecular weight excluding hydrogens is 1090 g/mol. The van der Waals surface area contributed by atoms with Gasteiger partial charge in [0.05, 0.1) is 35.8 Å². The Hall–Kier alpha value is -2.44. The molecule has 0 amide bonds. The van der Waals surface area contributed by atoms with Crippen molar-refractivity contribution in [1.82, 2.24) is 0 Å². The van der Waals surface area contributed by atoms with Crippen LogP contribution in [0.3, 0.4) is 0 Å². The zero-order valence-electron chi connectivity index (χ0n) is 42.4. The molecule has 0 atom stereocenters. The third kappa shape index (κ3) is 83.6. The van der Waals surface area contributed by atoms with Crippen molar-refractivity contribution < 1.29 is 65.6 Å². The first-order valence-corrected chi connectivity index (χ1v) is 27.8. The maximum atomic E-state index is 9.41.